The minimum absolute atomic E-state index is 0.331. The topological polar surface area (TPSA) is 66.6 Å². The smallest absolute Gasteiger partial charge is 0.262 e. The first-order chi connectivity index (χ1) is 10.2. The molecule has 2 aromatic rings. The zero-order valence-corrected chi connectivity index (χ0v) is 13.5. The summed E-state index contributed by atoms with van der Waals surface area (Å²) < 4.78 is 37.0. The van der Waals surface area contributed by atoms with Crippen LogP contribution in [0.1, 0.15) is 20.8 Å². The molecule has 0 aliphatic heterocycles. The standard InChI is InChI=1S/C16H19FN2O2S/c1-16(2,3)19(22(20)21)15-7-5-4-6-13(15)12-9-8-11(18)10-14(12)17/h4-10H,18H2,1-3H3,(H,20,21). The SMILES string of the molecule is CC(C)(C)N(c1ccccc1-c1ccc(N)cc1F)S(=O)O. The van der Waals surface area contributed by atoms with Crippen molar-refractivity contribution in [1.82, 2.24) is 0 Å². The number of hydrogen-bond acceptors (Lipinski definition) is 2. The van der Waals surface area contributed by atoms with Gasteiger partial charge in [0.05, 0.1) is 5.69 Å². The Hall–Kier alpha value is -1.92. The average Bonchev–Trinajstić information content (AvgIpc) is 2.38. The number of benzene rings is 2. The number of nitrogens with two attached hydrogens (primary N) is 1. The number of halogens is 1. The number of anilines is 2. The first-order valence-electron chi connectivity index (χ1n) is 6.77. The van der Waals surface area contributed by atoms with Gasteiger partial charge in [-0.15, -0.1) is 0 Å². The van der Waals surface area contributed by atoms with Gasteiger partial charge in [0.2, 0.25) is 0 Å². The molecule has 0 heterocycles. The largest absolute Gasteiger partial charge is 0.399 e. The van der Waals surface area contributed by atoms with Crippen molar-refractivity contribution in [2.24, 2.45) is 0 Å². The van der Waals surface area contributed by atoms with Crippen LogP contribution in [-0.2, 0) is 11.3 Å². The lowest BCUT2D eigenvalue weighted by Crippen LogP contribution is -2.42. The van der Waals surface area contributed by atoms with Gasteiger partial charge in [0.25, 0.3) is 11.3 Å². The van der Waals surface area contributed by atoms with Crippen molar-refractivity contribution in [3.05, 3.63) is 48.3 Å². The molecular formula is C16H19FN2O2S. The van der Waals surface area contributed by atoms with Crippen LogP contribution in [0.15, 0.2) is 42.5 Å². The van der Waals surface area contributed by atoms with Gasteiger partial charge in [-0.2, -0.15) is 0 Å². The molecule has 0 bridgehead atoms. The molecule has 0 amide bonds. The van der Waals surface area contributed by atoms with E-state index in [2.05, 4.69) is 0 Å². The molecule has 0 saturated carbocycles. The molecule has 0 radical (unpaired) electrons. The van der Waals surface area contributed by atoms with Gasteiger partial charge in [-0.05, 0) is 45.0 Å². The highest BCUT2D eigenvalue weighted by Crippen LogP contribution is 2.36. The van der Waals surface area contributed by atoms with E-state index in [-0.39, 0.29) is 0 Å². The van der Waals surface area contributed by atoms with Gasteiger partial charge in [0.1, 0.15) is 5.82 Å². The van der Waals surface area contributed by atoms with Crippen LogP contribution in [0.25, 0.3) is 11.1 Å². The fraction of sp³-hybridized carbons (Fsp3) is 0.250. The number of hydrogen-bond donors (Lipinski definition) is 2. The fourth-order valence-electron chi connectivity index (χ4n) is 2.31. The average molecular weight is 322 g/mol. The number of para-hydroxylation sites is 1. The highest BCUT2D eigenvalue weighted by Gasteiger charge is 2.29. The molecule has 0 aliphatic rings. The molecule has 2 rings (SSSR count). The Balaban J connectivity index is 2.67. The van der Waals surface area contributed by atoms with Gasteiger partial charge in [0.15, 0.2) is 0 Å². The molecule has 0 fully saturated rings. The molecule has 0 saturated heterocycles. The van der Waals surface area contributed by atoms with Crippen LogP contribution >= 0.6 is 0 Å². The monoisotopic (exact) mass is 322 g/mol. The Bertz CT molecular complexity index is 714. The second-order valence-corrected chi connectivity index (χ2v) is 6.78. The third-order valence-electron chi connectivity index (χ3n) is 3.17. The maximum Gasteiger partial charge on any atom is 0.262 e. The van der Waals surface area contributed by atoms with Crippen molar-refractivity contribution in [1.29, 1.82) is 0 Å². The maximum absolute atomic E-state index is 14.2. The zero-order valence-electron chi connectivity index (χ0n) is 12.7. The lowest BCUT2D eigenvalue weighted by Gasteiger charge is -2.35. The van der Waals surface area contributed by atoms with Crippen molar-refractivity contribution in [2.45, 2.75) is 26.3 Å². The van der Waals surface area contributed by atoms with Crippen molar-refractivity contribution in [3.8, 4) is 11.1 Å². The number of nitrogens with zero attached hydrogens (tertiary/aromatic N) is 1. The highest BCUT2D eigenvalue weighted by molar-refractivity contribution is 7.80. The molecule has 0 spiro atoms. The summed E-state index contributed by atoms with van der Waals surface area (Å²) in [5, 5.41) is 0. The third kappa shape index (κ3) is 3.28. The second kappa shape index (κ2) is 6.06. The highest BCUT2D eigenvalue weighted by atomic mass is 32.2. The Morgan fingerprint density at radius 2 is 1.77 bits per heavy atom. The summed E-state index contributed by atoms with van der Waals surface area (Å²) in [6, 6.07) is 11.3. The van der Waals surface area contributed by atoms with Crippen LogP contribution in [0.3, 0.4) is 0 Å². The van der Waals surface area contributed by atoms with E-state index in [0.717, 1.165) is 0 Å². The lowest BCUT2D eigenvalue weighted by molar-refractivity contribution is 0.515. The molecule has 1 atom stereocenters. The van der Waals surface area contributed by atoms with Gasteiger partial charge >= 0.3 is 0 Å². The van der Waals surface area contributed by atoms with E-state index in [9.17, 15) is 13.2 Å². The van der Waals surface area contributed by atoms with Gasteiger partial charge in [-0.3, -0.25) is 8.86 Å². The minimum atomic E-state index is -2.23. The quantitative estimate of drug-likeness (QED) is 0.667. The summed E-state index contributed by atoms with van der Waals surface area (Å²) in [6.07, 6.45) is 0. The Labute approximate surface area is 132 Å². The molecular weight excluding hydrogens is 303 g/mol. The van der Waals surface area contributed by atoms with E-state index in [1.807, 2.05) is 20.8 Å². The lowest BCUT2D eigenvalue weighted by atomic mass is 10.0. The third-order valence-corrected chi connectivity index (χ3v) is 4.23. The van der Waals surface area contributed by atoms with Gasteiger partial charge in [-0.25, -0.2) is 8.60 Å². The maximum atomic E-state index is 14.2. The van der Waals surface area contributed by atoms with Crippen molar-refractivity contribution in [2.75, 3.05) is 10.0 Å². The van der Waals surface area contributed by atoms with E-state index in [0.29, 0.717) is 22.5 Å². The van der Waals surface area contributed by atoms with Gasteiger partial charge < -0.3 is 5.73 Å². The molecule has 118 valence electrons. The van der Waals surface area contributed by atoms with Crippen LogP contribution in [0, 0.1) is 5.82 Å². The number of rotatable bonds is 3. The second-order valence-electron chi connectivity index (χ2n) is 5.95. The van der Waals surface area contributed by atoms with E-state index < -0.39 is 22.6 Å². The molecule has 2 aromatic carbocycles. The molecule has 0 aromatic heterocycles. The molecule has 0 aliphatic carbocycles. The molecule has 1 unspecified atom stereocenters. The van der Waals surface area contributed by atoms with Crippen LogP contribution in [-0.4, -0.2) is 14.3 Å². The van der Waals surface area contributed by atoms with Crippen LogP contribution < -0.4 is 10.0 Å². The summed E-state index contributed by atoms with van der Waals surface area (Å²) >= 11 is -2.23. The molecule has 22 heavy (non-hydrogen) atoms. The van der Waals surface area contributed by atoms with E-state index >= 15 is 0 Å². The summed E-state index contributed by atoms with van der Waals surface area (Å²) in [4.78, 5) is 0. The van der Waals surface area contributed by atoms with Gasteiger partial charge in [0, 0.05) is 22.4 Å². The van der Waals surface area contributed by atoms with Crippen molar-refractivity contribution in [3.63, 3.8) is 0 Å². The molecule has 3 N–H and O–H groups in total. The van der Waals surface area contributed by atoms with E-state index in [1.165, 1.54) is 10.4 Å². The van der Waals surface area contributed by atoms with Crippen molar-refractivity contribution >= 4 is 22.6 Å². The predicted molar refractivity (Wildman–Crippen MR) is 89.3 cm³/mol. The normalized spacial score (nSPS) is 13.0. The Morgan fingerprint density at radius 1 is 1.14 bits per heavy atom. The first-order valence-corrected chi connectivity index (χ1v) is 7.84. The van der Waals surface area contributed by atoms with Crippen LogP contribution in [0.4, 0.5) is 15.8 Å². The minimum Gasteiger partial charge on any atom is -0.399 e. The zero-order chi connectivity index (χ0) is 16.5. The summed E-state index contributed by atoms with van der Waals surface area (Å²) in [6.45, 7) is 5.45. The Morgan fingerprint density at radius 3 is 2.32 bits per heavy atom. The first kappa shape index (κ1) is 16.5. The summed E-state index contributed by atoms with van der Waals surface area (Å²) in [5.41, 5.74) is 6.66. The fourth-order valence-corrected chi connectivity index (χ4v) is 3.10. The Kier molecular flexibility index (Phi) is 4.53. The molecule has 4 nitrogen and oxygen atoms in total. The van der Waals surface area contributed by atoms with E-state index in [4.69, 9.17) is 5.73 Å². The van der Waals surface area contributed by atoms with Gasteiger partial charge in [-0.1, -0.05) is 18.2 Å². The van der Waals surface area contributed by atoms with Crippen LogP contribution in [0.2, 0.25) is 0 Å². The molecule has 6 heteroatoms. The summed E-state index contributed by atoms with van der Waals surface area (Å²) in [7, 11) is 0. The number of nitrogen functional groups attached to an aromatic ring is 1. The predicted octanol–water partition coefficient (Wildman–Crippen LogP) is 3.82. The van der Waals surface area contributed by atoms with Crippen molar-refractivity contribution < 1.29 is 13.2 Å². The van der Waals surface area contributed by atoms with Crippen LogP contribution in [0.5, 0.6) is 0 Å². The van der Waals surface area contributed by atoms with E-state index in [1.54, 1.807) is 36.4 Å². The summed E-state index contributed by atoms with van der Waals surface area (Å²) in [5.74, 6) is -0.468.